The maximum absolute atomic E-state index is 12.4. The van der Waals surface area contributed by atoms with E-state index in [0.29, 0.717) is 23.4 Å². The van der Waals surface area contributed by atoms with E-state index in [1.54, 1.807) is 25.3 Å². The summed E-state index contributed by atoms with van der Waals surface area (Å²) in [4.78, 5) is 12.4. The summed E-state index contributed by atoms with van der Waals surface area (Å²) in [6.07, 6.45) is 2.20. The number of amides is 1. The number of carbonyl (C=O) groups is 1. The molecule has 3 aromatic carbocycles. The molecule has 0 spiro atoms. The van der Waals surface area contributed by atoms with Crippen molar-refractivity contribution in [3.63, 3.8) is 0 Å². The van der Waals surface area contributed by atoms with Gasteiger partial charge in [-0.05, 0) is 59.2 Å². The van der Waals surface area contributed by atoms with E-state index < -0.39 is 5.91 Å². The lowest BCUT2D eigenvalue weighted by molar-refractivity contribution is -0.112. The van der Waals surface area contributed by atoms with E-state index in [4.69, 9.17) is 4.74 Å². The molecule has 2 N–H and O–H groups in total. The van der Waals surface area contributed by atoms with Gasteiger partial charge in [-0.25, -0.2) is 0 Å². The summed E-state index contributed by atoms with van der Waals surface area (Å²) in [6, 6.07) is 21.5. The van der Waals surface area contributed by atoms with E-state index in [1.807, 2.05) is 42.5 Å². The van der Waals surface area contributed by atoms with E-state index in [0.717, 1.165) is 15.6 Å². The summed E-state index contributed by atoms with van der Waals surface area (Å²) >= 11 is 3.56. The minimum atomic E-state index is -0.528. The SMILES string of the molecule is COc1cc(/C=C(\C#N)C(=O)Nc2ccc(O)cc2)ccc1Cc1ccccc1Br. The Morgan fingerprint density at radius 2 is 1.87 bits per heavy atom. The van der Waals surface area contributed by atoms with Crippen LogP contribution in [0.25, 0.3) is 6.08 Å². The molecule has 0 saturated carbocycles. The topological polar surface area (TPSA) is 82.3 Å². The van der Waals surface area contributed by atoms with Gasteiger partial charge in [0.25, 0.3) is 5.91 Å². The molecule has 0 unspecified atom stereocenters. The van der Waals surface area contributed by atoms with Crippen molar-refractivity contribution >= 4 is 33.6 Å². The Morgan fingerprint density at radius 1 is 1.13 bits per heavy atom. The normalized spacial score (nSPS) is 10.9. The summed E-state index contributed by atoms with van der Waals surface area (Å²) in [6.45, 7) is 0. The number of phenolic OH excluding ortho intramolecular Hbond substituents is 1. The quantitative estimate of drug-likeness (QED) is 0.295. The van der Waals surface area contributed by atoms with Crippen LogP contribution in [0.2, 0.25) is 0 Å². The second kappa shape index (κ2) is 9.77. The lowest BCUT2D eigenvalue weighted by atomic mass is 10.0. The summed E-state index contributed by atoms with van der Waals surface area (Å²) in [5.74, 6) is 0.244. The molecule has 0 bridgehead atoms. The number of nitrogens with one attached hydrogen (secondary N) is 1. The van der Waals surface area contributed by atoms with Crippen LogP contribution in [0.3, 0.4) is 0 Å². The fraction of sp³-hybridized carbons (Fsp3) is 0.0833. The van der Waals surface area contributed by atoms with Crippen molar-refractivity contribution in [3.05, 3.63) is 93.5 Å². The summed E-state index contributed by atoms with van der Waals surface area (Å²) in [5.41, 5.74) is 3.25. The number of methoxy groups -OCH3 is 1. The average molecular weight is 463 g/mol. The van der Waals surface area contributed by atoms with Crippen LogP contribution in [-0.4, -0.2) is 18.1 Å². The predicted octanol–water partition coefficient (Wildman–Crippen LogP) is 5.30. The molecule has 0 aliphatic heterocycles. The smallest absolute Gasteiger partial charge is 0.266 e. The van der Waals surface area contributed by atoms with Gasteiger partial charge in [-0.2, -0.15) is 5.26 Å². The standard InChI is InChI=1S/C24H19BrN2O3/c1-30-23-13-16(6-7-18(23)14-17-4-2-3-5-22(17)25)12-19(15-26)24(29)27-20-8-10-21(28)11-9-20/h2-13,28H,14H2,1H3,(H,27,29)/b19-12+. The zero-order chi connectivity index (χ0) is 21.5. The van der Waals surface area contributed by atoms with E-state index >= 15 is 0 Å². The molecule has 0 fully saturated rings. The third kappa shape index (κ3) is 5.28. The lowest BCUT2D eigenvalue weighted by Crippen LogP contribution is -2.13. The predicted molar refractivity (Wildman–Crippen MR) is 120 cm³/mol. The van der Waals surface area contributed by atoms with Gasteiger partial charge in [-0.15, -0.1) is 0 Å². The maximum Gasteiger partial charge on any atom is 0.266 e. The Labute approximate surface area is 183 Å². The van der Waals surface area contributed by atoms with Crippen LogP contribution in [-0.2, 0) is 11.2 Å². The molecule has 0 aliphatic rings. The number of benzene rings is 3. The van der Waals surface area contributed by atoms with E-state index in [9.17, 15) is 15.2 Å². The third-order valence-corrected chi connectivity index (χ3v) is 5.22. The number of halogens is 1. The van der Waals surface area contributed by atoms with Gasteiger partial charge in [0, 0.05) is 16.6 Å². The highest BCUT2D eigenvalue weighted by Crippen LogP contribution is 2.27. The van der Waals surface area contributed by atoms with Crippen molar-refractivity contribution in [2.75, 3.05) is 12.4 Å². The zero-order valence-corrected chi connectivity index (χ0v) is 17.8. The minimum Gasteiger partial charge on any atom is -0.508 e. The highest BCUT2D eigenvalue weighted by Gasteiger charge is 2.12. The molecule has 150 valence electrons. The number of rotatable bonds is 6. The van der Waals surface area contributed by atoms with Crippen molar-refractivity contribution in [1.82, 2.24) is 0 Å². The van der Waals surface area contributed by atoms with E-state index in [1.165, 1.54) is 18.2 Å². The number of carbonyl (C=O) groups excluding carboxylic acids is 1. The van der Waals surface area contributed by atoms with Crippen molar-refractivity contribution in [3.8, 4) is 17.6 Å². The third-order valence-electron chi connectivity index (χ3n) is 4.45. The first kappa shape index (κ1) is 21.2. The second-order valence-corrected chi connectivity index (χ2v) is 7.36. The van der Waals surface area contributed by atoms with Gasteiger partial charge in [0.15, 0.2) is 0 Å². The van der Waals surface area contributed by atoms with Gasteiger partial charge in [-0.3, -0.25) is 4.79 Å². The number of nitrogens with zero attached hydrogens (tertiary/aromatic N) is 1. The highest BCUT2D eigenvalue weighted by atomic mass is 79.9. The van der Waals surface area contributed by atoms with Gasteiger partial charge in [0.2, 0.25) is 0 Å². The average Bonchev–Trinajstić information content (AvgIpc) is 2.76. The van der Waals surface area contributed by atoms with Crippen LogP contribution in [0, 0.1) is 11.3 Å². The van der Waals surface area contributed by atoms with Gasteiger partial charge in [-0.1, -0.05) is 46.3 Å². The van der Waals surface area contributed by atoms with Crippen molar-refractivity contribution in [1.29, 1.82) is 5.26 Å². The van der Waals surface area contributed by atoms with E-state index in [-0.39, 0.29) is 11.3 Å². The first-order chi connectivity index (χ1) is 14.5. The fourth-order valence-electron chi connectivity index (χ4n) is 2.90. The van der Waals surface area contributed by atoms with Gasteiger partial charge >= 0.3 is 0 Å². The first-order valence-corrected chi connectivity index (χ1v) is 9.92. The van der Waals surface area contributed by atoms with Crippen LogP contribution in [0.15, 0.2) is 76.8 Å². The second-order valence-electron chi connectivity index (χ2n) is 6.51. The molecule has 0 saturated heterocycles. The largest absolute Gasteiger partial charge is 0.508 e. The number of aromatic hydroxyl groups is 1. The number of hydrogen-bond donors (Lipinski definition) is 2. The van der Waals surface area contributed by atoms with Crippen LogP contribution in [0.4, 0.5) is 5.69 Å². The number of hydrogen-bond acceptors (Lipinski definition) is 4. The van der Waals surface area contributed by atoms with Gasteiger partial charge in [0.05, 0.1) is 7.11 Å². The zero-order valence-electron chi connectivity index (χ0n) is 16.2. The molecule has 1 amide bonds. The number of anilines is 1. The number of phenols is 1. The Bertz CT molecular complexity index is 1130. The Balaban J connectivity index is 1.82. The molecule has 0 aromatic heterocycles. The van der Waals surface area contributed by atoms with Gasteiger partial charge < -0.3 is 15.2 Å². The van der Waals surface area contributed by atoms with Crippen molar-refractivity contribution in [2.24, 2.45) is 0 Å². The van der Waals surface area contributed by atoms with Crippen LogP contribution >= 0.6 is 15.9 Å². The monoisotopic (exact) mass is 462 g/mol. The molecular weight excluding hydrogens is 444 g/mol. The lowest BCUT2D eigenvalue weighted by Gasteiger charge is -2.11. The van der Waals surface area contributed by atoms with Crippen LogP contribution < -0.4 is 10.1 Å². The van der Waals surface area contributed by atoms with Crippen molar-refractivity contribution in [2.45, 2.75) is 6.42 Å². The summed E-state index contributed by atoms with van der Waals surface area (Å²) in [7, 11) is 1.59. The maximum atomic E-state index is 12.4. The van der Waals surface area contributed by atoms with Crippen molar-refractivity contribution < 1.29 is 14.6 Å². The Kier molecular flexibility index (Phi) is 6.89. The summed E-state index contributed by atoms with van der Waals surface area (Å²) < 4.78 is 6.55. The molecule has 0 aliphatic carbocycles. The molecule has 5 nitrogen and oxygen atoms in total. The summed E-state index contributed by atoms with van der Waals surface area (Å²) in [5, 5.41) is 21.4. The minimum absolute atomic E-state index is 0.0383. The molecule has 30 heavy (non-hydrogen) atoms. The molecule has 0 atom stereocenters. The number of ether oxygens (including phenoxy) is 1. The Morgan fingerprint density at radius 3 is 2.53 bits per heavy atom. The Hall–Kier alpha value is -3.56. The molecule has 3 aromatic rings. The fourth-order valence-corrected chi connectivity index (χ4v) is 3.33. The first-order valence-electron chi connectivity index (χ1n) is 9.12. The van der Waals surface area contributed by atoms with Crippen LogP contribution in [0.1, 0.15) is 16.7 Å². The molecule has 6 heteroatoms. The van der Waals surface area contributed by atoms with E-state index in [2.05, 4.69) is 21.2 Å². The molecular formula is C24H19BrN2O3. The van der Waals surface area contributed by atoms with Gasteiger partial charge in [0.1, 0.15) is 23.1 Å². The molecule has 0 heterocycles. The molecule has 3 rings (SSSR count). The number of nitriles is 1. The highest BCUT2D eigenvalue weighted by molar-refractivity contribution is 9.10. The molecule has 0 radical (unpaired) electrons. The van der Waals surface area contributed by atoms with Crippen LogP contribution in [0.5, 0.6) is 11.5 Å².